The minimum Gasteiger partial charge on any atom is -0.358 e. The molecule has 6 heteroatoms. The average molecular weight is 278 g/mol. The second-order valence-electron chi connectivity index (χ2n) is 4.23. The molecule has 0 fully saturated rings. The summed E-state index contributed by atoms with van der Waals surface area (Å²) in [4.78, 5) is 16.1. The maximum Gasteiger partial charge on any atom is 0.293 e. The Morgan fingerprint density at radius 1 is 1.47 bits per heavy atom. The van der Waals surface area contributed by atoms with Crippen LogP contribution < -0.4 is 10.9 Å². The number of alkyl halides is 2. The highest BCUT2D eigenvalue weighted by Crippen LogP contribution is 2.14. The van der Waals surface area contributed by atoms with Crippen LogP contribution in [0.1, 0.15) is 20.3 Å². The number of aromatic nitrogens is 2. The number of anilines is 1. The summed E-state index contributed by atoms with van der Waals surface area (Å²) in [5.74, 6) is 0.908. The fourth-order valence-electron chi connectivity index (χ4n) is 1.34. The highest BCUT2D eigenvalue weighted by Gasteiger charge is 2.23. The van der Waals surface area contributed by atoms with Crippen molar-refractivity contribution in [3.05, 3.63) is 22.7 Å². The van der Waals surface area contributed by atoms with Crippen molar-refractivity contribution in [3.63, 3.8) is 0 Å². The van der Waals surface area contributed by atoms with Gasteiger partial charge in [-0.1, -0.05) is 6.92 Å². The largest absolute Gasteiger partial charge is 0.358 e. The summed E-state index contributed by atoms with van der Waals surface area (Å²) < 4.78 is 1.62. The van der Waals surface area contributed by atoms with Gasteiger partial charge in [-0.15, -0.1) is 23.2 Å². The summed E-state index contributed by atoms with van der Waals surface area (Å²) in [6, 6.07) is 0. The van der Waals surface area contributed by atoms with Crippen LogP contribution in [-0.2, 0) is 6.54 Å². The van der Waals surface area contributed by atoms with Crippen LogP contribution in [0, 0.1) is 0 Å². The number of nitrogens with one attached hydrogen (secondary N) is 1. The summed E-state index contributed by atoms with van der Waals surface area (Å²) in [6.45, 7) is 4.54. The summed E-state index contributed by atoms with van der Waals surface area (Å²) in [5.41, 5.74) is -0.670. The molecule has 1 rings (SSSR count). The fraction of sp³-hybridized carbons (Fsp3) is 0.636. The van der Waals surface area contributed by atoms with Crippen molar-refractivity contribution in [2.45, 2.75) is 32.4 Å². The zero-order valence-electron chi connectivity index (χ0n) is 10.0. The Hall–Kier alpha value is -0.740. The van der Waals surface area contributed by atoms with E-state index in [-0.39, 0.29) is 5.56 Å². The molecule has 0 saturated carbocycles. The topological polar surface area (TPSA) is 46.9 Å². The maximum atomic E-state index is 12.0. The van der Waals surface area contributed by atoms with Crippen LogP contribution in [0.5, 0.6) is 0 Å². The molecule has 0 aliphatic rings. The van der Waals surface area contributed by atoms with Gasteiger partial charge in [0.15, 0.2) is 5.82 Å². The molecule has 17 heavy (non-hydrogen) atoms. The first-order valence-electron chi connectivity index (χ1n) is 5.52. The Balaban J connectivity index is 2.99. The first-order chi connectivity index (χ1) is 8.06. The monoisotopic (exact) mass is 277 g/mol. The number of hydrogen-bond donors (Lipinski definition) is 1. The van der Waals surface area contributed by atoms with Crippen molar-refractivity contribution in [2.75, 3.05) is 17.1 Å². The lowest BCUT2D eigenvalue weighted by molar-refractivity contribution is 0.622. The van der Waals surface area contributed by atoms with Crippen LogP contribution in [0.3, 0.4) is 0 Å². The smallest absolute Gasteiger partial charge is 0.293 e. The summed E-state index contributed by atoms with van der Waals surface area (Å²) in [7, 11) is 0. The number of rotatable bonds is 6. The Labute approximate surface area is 111 Å². The van der Waals surface area contributed by atoms with Crippen LogP contribution in [0.4, 0.5) is 5.82 Å². The molecule has 0 radical (unpaired) electrons. The van der Waals surface area contributed by atoms with Crippen molar-refractivity contribution in [1.29, 1.82) is 0 Å². The standard InChI is InChI=1S/C11H17Cl2N3O/c1-3-5-16-6-4-14-9(10(16)17)15-11(2,7-12)8-13/h4,6H,3,5,7-8H2,1-2H3,(H,14,15). The van der Waals surface area contributed by atoms with Gasteiger partial charge < -0.3 is 9.88 Å². The molecule has 0 aliphatic carbocycles. The van der Waals surface area contributed by atoms with Gasteiger partial charge in [-0.05, 0) is 13.3 Å². The van der Waals surface area contributed by atoms with Gasteiger partial charge >= 0.3 is 0 Å². The number of nitrogens with zero attached hydrogens (tertiary/aromatic N) is 2. The molecule has 1 heterocycles. The maximum absolute atomic E-state index is 12.0. The van der Waals surface area contributed by atoms with Crippen LogP contribution in [0.2, 0.25) is 0 Å². The Bertz CT molecular complexity index is 415. The van der Waals surface area contributed by atoms with Crippen LogP contribution >= 0.6 is 23.2 Å². The van der Waals surface area contributed by atoms with Gasteiger partial charge in [-0.2, -0.15) is 0 Å². The molecule has 0 spiro atoms. The highest BCUT2D eigenvalue weighted by atomic mass is 35.5. The predicted octanol–water partition coefficient (Wildman–Crippen LogP) is 2.30. The molecule has 0 saturated heterocycles. The zero-order chi connectivity index (χ0) is 12.9. The summed E-state index contributed by atoms with van der Waals surface area (Å²) in [6.07, 6.45) is 4.17. The van der Waals surface area contributed by atoms with Crippen LogP contribution in [0.25, 0.3) is 0 Å². The minimum atomic E-state index is -0.527. The van der Waals surface area contributed by atoms with E-state index in [1.165, 1.54) is 0 Å². The Morgan fingerprint density at radius 3 is 2.65 bits per heavy atom. The molecular weight excluding hydrogens is 261 g/mol. The molecule has 4 nitrogen and oxygen atoms in total. The van der Waals surface area contributed by atoms with E-state index in [9.17, 15) is 4.79 Å². The molecule has 0 amide bonds. The lowest BCUT2D eigenvalue weighted by Gasteiger charge is -2.26. The number of halogens is 2. The highest BCUT2D eigenvalue weighted by molar-refractivity contribution is 6.22. The van der Waals surface area contributed by atoms with Crippen LogP contribution in [0.15, 0.2) is 17.2 Å². The Kier molecular flexibility index (Phi) is 5.28. The second-order valence-corrected chi connectivity index (χ2v) is 4.76. The zero-order valence-corrected chi connectivity index (χ0v) is 11.6. The molecule has 1 aromatic rings. The number of hydrogen-bond acceptors (Lipinski definition) is 3. The van der Waals surface area contributed by atoms with Gasteiger partial charge in [0.2, 0.25) is 0 Å². The van der Waals surface area contributed by atoms with Crippen molar-refractivity contribution in [1.82, 2.24) is 9.55 Å². The molecule has 1 N–H and O–H groups in total. The van der Waals surface area contributed by atoms with Crippen molar-refractivity contribution in [2.24, 2.45) is 0 Å². The van der Waals surface area contributed by atoms with Crippen molar-refractivity contribution >= 4 is 29.0 Å². The van der Waals surface area contributed by atoms with Gasteiger partial charge in [0.25, 0.3) is 5.56 Å². The lowest BCUT2D eigenvalue weighted by Crippen LogP contribution is -2.42. The third-order valence-corrected chi connectivity index (χ3v) is 3.57. The molecule has 0 aliphatic heterocycles. The predicted molar refractivity (Wildman–Crippen MR) is 72.3 cm³/mol. The van der Waals surface area contributed by atoms with E-state index < -0.39 is 5.54 Å². The van der Waals surface area contributed by atoms with E-state index in [0.717, 1.165) is 6.42 Å². The van der Waals surface area contributed by atoms with Crippen LogP contribution in [-0.4, -0.2) is 26.9 Å². The summed E-state index contributed by atoms with van der Waals surface area (Å²) >= 11 is 11.7. The molecular formula is C11H17Cl2N3O. The van der Waals surface area contributed by atoms with E-state index >= 15 is 0 Å². The van der Waals surface area contributed by atoms with Gasteiger partial charge in [0.1, 0.15) is 0 Å². The van der Waals surface area contributed by atoms with Gasteiger partial charge in [-0.25, -0.2) is 4.98 Å². The molecule has 0 aromatic carbocycles. The van der Waals surface area contributed by atoms with Gasteiger partial charge in [-0.3, -0.25) is 4.79 Å². The average Bonchev–Trinajstić information content (AvgIpc) is 2.34. The molecule has 0 bridgehead atoms. The molecule has 0 unspecified atom stereocenters. The fourth-order valence-corrected chi connectivity index (χ4v) is 1.76. The quantitative estimate of drug-likeness (QED) is 0.812. The Morgan fingerprint density at radius 2 is 2.12 bits per heavy atom. The number of aryl methyl sites for hydroxylation is 1. The van der Waals surface area contributed by atoms with E-state index in [0.29, 0.717) is 24.1 Å². The summed E-state index contributed by atoms with van der Waals surface area (Å²) in [5, 5.41) is 3.01. The van der Waals surface area contributed by atoms with E-state index in [2.05, 4.69) is 10.3 Å². The normalized spacial score (nSPS) is 11.5. The second kappa shape index (κ2) is 6.26. The first-order valence-corrected chi connectivity index (χ1v) is 6.59. The third-order valence-electron chi connectivity index (χ3n) is 2.39. The SMILES string of the molecule is CCCn1ccnc(NC(C)(CCl)CCl)c1=O. The van der Waals surface area contributed by atoms with E-state index in [4.69, 9.17) is 23.2 Å². The van der Waals surface area contributed by atoms with Crippen molar-refractivity contribution in [3.8, 4) is 0 Å². The minimum absolute atomic E-state index is 0.143. The lowest BCUT2D eigenvalue weighted by atomic mass is 10.1. The molecule has 1 aromatic heterocycles. The molecule has 96 valence electrons. The van der Waals surface area contributed by atoms with E-state index in [1.807, 2.05) is 13.8 Å². The van der Waals surface area contributed by atoms with Gasteiger partial charge in [0.05, 0.1) is 5.54 Å². The van der Waals surface area contributed by atoms with E-state index in [1.54, 1.807) is 17.0 Å². The van der Waals surface area contributed by atoms with Gasteiger partial charge in [0, 0.05) is 30.7 Å². The molecule has 0 atom stereocenters. The first kappa shape index (κ1) is 14.3. The van der Waals surface area contributed by atoms with Crippen molar-refractivity contribution < 1.29 is 0 Å². The third kappa shape index (κ3) is 3.61.